The van der Waals surface area contributed by atoms with Gasteiger partial charge in [0.2, 0.25) is 0 Å². The molecule has 0 aromatic rings. The van der Waals surface area contributed by atoms with Crippen LogP contribution < -0.4 is 10.6 Å². The van der Waals surface area contributed by atoms with Crippen LogP contribution in [0.4, 0.5) is 0 Å². The third-order valence-corrected chi connectivity index (χ3v) is 8.62. The minimum Gasteiger partial charge on any atom is -0.317 e. The van der Waals surface area contributed by atoms with Gasteiger partial charge in [0.1, 0.15) is 0 Å². The zero-order chi connectivity index (χ0) is 28.2. The van der Waals surface area contributed by atoms with Gasteiger partial charge in [-0.05, 0) is 45.4 Å². The quantitative estimate of drug-likeness (QED) is 0.0758. The van der Waals surface area contributed by atoms with E-state index < -0.39 is 0 Å². The van der Waals surface area contributed by atoms with E-state index in [1.54, 1.807) is 0 Å². The fourth-order valence-electron chi connectivity index (χ4n) is 5.83. The minimum absolute atomic E-state index is 1.18. The van der Waals surface area contributed by atoms with Crippen molar-refractivity contribution in [1.29, 1.82) is 0 Å². The molecule has 0 rings (SSSR count). The zero-order valence-corrected chi connectivity index (χ0v) is 27.7. The normalized spacial score (nSPS) is 11.5. The number of hydrogen-bond donors (Lipinski definition) is 2. The summed E-state index contributed by atoms with van der Waals surface area (Å²) >= 11 is 0. The molecule has 0 aromatic heterocycles. The number of nitrogens with one attached hydrogen (secondary N) is 2. The van der Waals surface area contributed by atoms with E-state index in [2.05, 4.69) is 24.5 Å². The molecule has 236 valence electrons. The predicted molar refractivity (Wildman–Crippen MR) is 180 cm³/mol. The summed E-state index contributed by atoms with van der Waals surface area (Å²) in [5.41, 5.74) is 0. The van der Waals surface area contributed by atoms with Crippen LogP contribution in [0.2, 0.25) is 0 Å². The predicted octanol–water partition coefficient (Wildman–Crippen LogP) is 12.3. The van der Waals surface area contributed by atoms with E-state index in [4.69, 9.17) is 0 Å². The van der Waals surface area contributed by atoms with Crippen molar-refractivity contribution < 1.29 is 0 Å². The van der Waals surface area contributed by atoms with Crippen LogP contribution in [0, 0.1) is 0 Å². The van der Waals surface area contributed by atoms with Crippen LogP contribution >= 0.6 is 0 Å². The average molecular weight is 551 g/mol. The Labute approximate surface area is 249 Å². The second-order valence-electron chi connectivity index (χ2n) is 12.8. The zero-order valence-electron chi connectivity index (χ0n) is 27.7. The summed E-state index contributed by atoms with van der Waals surface area (Å²) in [4.78, 5) is 0. The van der Waals surface area contributed by atoms with Crippen molar-refractivity contribution >= 4 is 0 Å². The first-order valence-electron chi connectivity index (χ1n) is 18.8. The van der Waals surface area contributed by atoms with Crippen molar-refractivity contribution in [3.8, 4) is 0 Å². The average Bonchev–Trinajstić information content (AvgIpc) is 2.95. The molecule has 2 N–H and O–H groups in total. The molecule has 0 saturated heterocycles. The lowest BCUT2D eigenvalue weighted by Gasteiger charge is -2.07. The van der Waals surface area contributed by atoms with Gasteiger partial charge >= 0.3 is 0 Å². The fraction of sp³-hybridized carbons (Fsp3) is 1.00. The van der Waals surface area contributed by atoms with Crippen LogP contribution in [0.3, 0.4) is 0 Å². The first-order chi connectivity index (χ1) is 19.4. The van der Waals surface area contributed by atoms with E-state index >= 15 is 0 Å². The summed E-state index contributed by atoms with van der Waals surface area (Å²) < 4.78 is 0. The summed E-state index contributed by atoms with van der Waals surface area (Å²) in [6, 6.07) is 0. The van der Waals surface area contributed by atoms with Crippen LogP contribution in [0.1, 0.15) is 213 Å². The fourth-order valence-corrected chi connectivity index (χ4v) is 5.83. The van der Waals surface area contributed by atoms with Gasteiger partial charge in [-0.3, -0.25) is 0 Å². The molecule has 39 heavy (non-hydrogen) atoms. The Balaban J connectivity index is 3.01. The summed E-state index contributed by atoms with van der Waals surface area (Å²) in [7, 11) is 0. The molecule has 0 atom stereocenters. The van der Waals surface area contributed by atoms with E-state index in [-0.39, 0.29) is 0 Å². The molecule has 2 nitrogen and oxygen atoms in total. The molecule has 0 aliphatic rings. The monoisotopic (exact) mass is 551 g/mol. The molecule has 0 heterocycles. The molecule has 0 fully saturated rings. The molecule has 0 aromatic carbocycles. The Kier molecular flexibility index (Phi) is 37.8. The maximum atomic E-state index is 3.65. The van der Waals surface area contributed by atoms with Crippen molar-refractivity contribution in [1.82, 2.24) is 10.6 Å². The largest absolute Gasteiger partial charge is 0.317 e. The Hall–Kier alpha value is -0.0800. The molecular formula is C37H78N2. The Morgan fingerprint density at radius 1 is 0.205 bits per heavy atom. The molecule has 0 unspecified atom stereocenters. The van der Waals surface area contributed by atoms with Crippen molar-refractivity contribution in [2.45, 2.75) is 213 Å². The van der Waals surface area contributed by atoms with Crippen LogP contribution in [0.5, 0.6) is 0 Å². The van der Waals surface area contributed by atoms with Gasteiger partial charge in [-0.2, -0.15) is 0 Å². The Morgan fingerprint density at radius 3 is 0.615 bits per heavy atom. The topological polar surface area (TPSA) is 24.1 Å². The van der Waals surface area contributed by atoms with E-state index in [0.29, 0.717) is 0 Å². The van der Waals surface area contributed by atoms with E-state index in [9.17, 15) is 0 Å². The summed E-state index contributed by atoms with van der Waals surface area (Å²) in [6.07, 6.45) is 44.8. The standard InChI is InChI=1S/C37H78N2/c1-3-5-7-9-11-13-15-17-19-21-23-25-27-29-31-34-38-36-33-37-39-35-32-30-28-26-24-22-20-18-16-14-12-10-8-6-4-2/h38-39H,3-37H2,1-2H3. The van der Waals surface area contributed by atoms with Crippen LogP contribution in [-0.2, 0) is 0 Å². The summed E-state index contributed by atoms with van der Waals surface area (Å²) in [5.74, 6) is 0. The lowest BCUT2D eigenvalue weighted by Crippen LogP contribution is -2.23. The lowest BCUT2D eigenvalue weighted by atomic mass is 10.0. The highest BCUT2D eigenvalue weighted by atomic mass is 14.9. The molecule has 2 heteroatoms. The Bertz CT molecular complexity index is 361. The third-order valence-electron chi connectivity index (χ3n) is 8.62. The van der Waals surface area contributed by atoms with Gasteiger partial charge in [0.25, 0.3) is 0 Å². The maximum Gasteiger partial charge on any atom is -0.00368 e. The molecule has 0 spiro atoms. The van der Waals surface area contributed by atoms with Crippen molar-refractivity contribution in [3.05, 3.63) is 0 Å². The van der Waals surface area contributed by atoms with Gasteiger partial charge < -0.3 is 10.6 Å². The van der Waals surface area contributed by atoms with Crippen molar-refractivity contribution in [2.75, 3.05) is 26.2 Å². The molecule has 0 amide bonds. The van der Waals surface area contributed by atoms with E-state index in [1.165, 1.54) is 225 Å². The SMILES string of the molecule is CCCCCCCCCCCCCCCCCNCCCNCCCCCCCCCCCCCCCCC. The van der Waals surface area contributed by atoms with Crippen LogP contribution in [0.15, 0.2) is 0 Å². The van der Waals surface area contributed by atoms with Crippen molar-refractivity contribution in [3.63, 3.8) is 0 Å². The highest BCUT2D eigenvalue weighted by Gasteiger charge is 1.96. The molecule has 0 bridgehead atoms. The van der Waals surface area contributed by atoms with Crippen molar-refractivity contribution in [2.24, 2.45) is 0 Å². The molecule has 0 saturated carbocycles. The van der Waals surface area contributed by atoms with Gasteiger partial charge in [-0.1, -0.05) is 194 Å². The van der Waals surface area contributed by atoms with E-state index in [1.807, 2.05) is 0 Å². The van der Waals surface area contributed by atoms with Gasteiger partial charge in [0, 0.05) is 0 Å². The first kappa shape index (κ1) is 38.9. The highest BCUT2D eigenvalue weighted by molar-refractivity contribution is 4.55. The molecule has 0 aliphatic carbocycles. The van der Waals surface area contributed by atoms with Gasteiger partial charge in [-0.25, -0.2) is 0 Å². The molecule has 0 aliphatic heterocycles. The van der Waals surface area contributed by atoms with Crippen LogP contribution in [-0.4, -0.2) is 26.2 Å². The van der Waals surface area contributed by atoms with Gasteiger partial charge in [-0.15, -0.1) is 0 Å². The molecular weight excluding hydrogens is 472 g/mol. The first-order valence-corrected chi connectivity index (χ1v) is 18.8. The maximum absolute atomic E-state index is 3.65. The Morgan fingerprint density at radius 2 is 0.385 bits per heavy atom. The highest BCUT2D eigenvalue weighted by Crippen LogP contribution is 2.14. The number of hydrogen-bond acceptors (Lipinski definition) is 2. The van der Waals surface area contributed by atoms with Gasteiger partial charge in [0.05, 0.1) is 0 Å². The minimum atomic E-state index is 1.18. The van der Waals surface area contributed by atoms with E-state index in [0.717, 1.165) is 0 Å². The lowest BCUT2D eigenvalue weighted by molar-refractivity contribution is 0.518. The summed E-state index contributed by atoms with van der Waals surface area (Å²) in [5, 5.41) is 7.30. The number of unbranched alkanes of at least 4 members (excludes halogenated alkanes) is 28. The second kappa shape index (κ2) is 37.9. The van der Waals surface area contributed by atoms with Gasteiger partial charge in [0.15, 0.2) is 0 Å². The summed E-state index contributed by atoms with van der Waals surface area (Å²) in [6.45, 7) is 9.42. The third kappa shape index (κ3) is 37.9. The number of rotatable bonds is 36. The second-order valence-corrected chi connectivity index (χ2v) is 12.8. The smallest absolute Gasteiger partial charge is 0.00368 e. The van der Waals surface area contributed by atoms with Crippen LogP contribution in [0.25, 0.3) is 0 Å². The molecule has 0 radical (unpaired) electrons.